The third kappa shape index (κ3) is 6.05. The fraction of sp³-hybridized carbons (Fsp3) is 0.467. The van der Waals surface area contributed by atoms with E-state index in [0.29, 0.717) is 19.4 Å². The van der Waals surface area contributed by atoms with Crippen molar-refractivity contribution in [1.82, 2.24) is 4.90 Å². The van der Waals surface area contributed by atoms with Gasteiger partial charge in [0.15, 0.2) is 0 Å². The standard InChI is InChI=1S/C15H16ClF3N2O3.ClH/c16-10-3-4-12(11(6-10)15(17,18)19)20-13(22)8-21-5-1-2-9(7-21)14(23)24;/h3-4,6,9H,1-2,5,7-8H2,(H,20,22)(H,23,24);1H. The molecule has 5 nitrogen and oxygen atoms in total. The van der Waals surface area contributed by atoms with Gasteiger partial charge in [0, 0.05) is 11.6 Å². The molecular weight excluding hydrogens is 384 g/mol. The number of nitrogens with one attached hydrogen (secondary N) is 1. The zero-order valence-electron chi connectivity index (χ0n) is 13.0. The van der Waals surface area contributed by atoms with Crippen LogP contribution in [0, 0.1) is 5.92 Å². The van der Waals surface area contributed by atoms with Crippen molar-refractivity contribution >= 4 is 41.6 Å². The van der Waals surface area contributed by atoms with Crippen LogP contribution in [0.15, 0.2) is 18.2 Å². The molecule has 0 bridgehead atoms. The van der Waals surface area contributed by atoms with Crippen LogP contribution in [0.3, 0.4) is 0 Å². The molecular formula is C15H17Cl2F3N2O3. The van der Waals surface area contributed by atoms with Crippen molar-refractivity contribution in [3.05, 3.63) is 28.8 Å². The summed E-state index contributed by atoms with van der Waals surface area (Å²) in [6.45, 7) is 0.573. The van der Waals surface area contributed by atoms with E-state index in [1.54, 1.807) is 4.90 Å². The quantitative estimate of drug-likeness (QED) is 0.810. The van der Waals surface area contributed by atoms with Gasteiger partial charge < -0.3 is 10.4 Å². The number of carbonyl (C=O) groups is 2. The molecule has 1 aliphatic rings. The van der Waals surface area contributed by atoms with Crippen LogP contribution in [0.4, 0.5) is 18.9 Å². The average Bonchev–Trinajstić information content (AvgIpc) is 2.48. The van der Waals surface area contributed by atoms with Crippen LogP contribution >= 0.6 is 24.0 Å². The van der Waals surface area contributed by atoms with Crippen molar-refractivity contribution in [2.45, 2.75) is 19.0 Å². The fourth-order valence-electron chi connectivity index (χ4n) is 2.65. The van der Waals surface area contributed by atoms with E-state index in [2.05, 4.69) is 5.32 Å². The van der Waals surface area contributed by atoms with E-state index < -0.39 is 29.5 Å². The van der Waals surface area contributed by atoms with Gasteiger partial charge in [-0.1, -0.05) is 11.6 Å². The van der Waals surface area contributed by atoms with Gasteiger partial charge in [-0.05, 0) is 37.6 Å². The number of amides is 1. The SMILES string of the molecule is Cl.O=C(CN1CCCC(C(=O)O)C1)Nc1ccc(Cl)cc1C(F)(F)F. The molecule has 25 heavy (non-hydrogen) atoms. The molecule has 2 N–H and O–H groups in total. The van der Waals surface area contributed by atoms with E-state index in [1.165, 1.54) is 6.07 Å². The maximum Gasteiger partial charge on any atom is 0.418 e. The number of anilines is 1. The van der Waals surface area contributed by atoms with Gasteiger partial charge in [0.25, 0.3) is 0 Å². The van der Waals surface area contributed by atoms with Crippen molar-refractivity contribution in [3.63, 3.8) is 0 Å². The monoisotopic (exact) mass is 400 g/mol. The van der Waals surface area contributed by atoms with Gasteiger partial charge in [0.1, 0.15) is 0 Å². The number of halogens is 5. The van der Waals surface area contributed by atoms with E-state index in [4.69, 9.17) is 16.7 Å². The summed E-state index contributed by atoms with van der Waals surface area (Å²) in [5.74, 6) is -2.13. The molecule has 1 saturated heterocycles. The molecule has 0 radical (unpaired) electrons. The molecule has 1 fully saturated rings. The van der Waals surface area contributed by atoms with E-state index >= 15 is 0 Å². The second-order valence-corrected chi connectivity index (χ2v) is 6.08. The molecule has 1 aromatic rings. The number of carboxylic acids is 1. The lowest BCUT2D eigenvalue weighted by molar-refractivity contribution is -0.144. The molecule has 140 valence electrons. The molecule has 10 heteroatoms. The number of aliphatic carboxylic acids is 1. The first-order valence-corrected chi connectivity index (χ1v) is 7.66. The Morgan fingerprint density at radius 2 is 2.04 bits per heavy atom. The average molecular weight is 401 g/mol. The molecule has 1 atom stereocenters. The zero-order valence-corrected chi connectivity index (χ0v) is 14.5. The van der Waals surface area contributed by atoms with Crippen molar-refractivity contribution < 1.29 is 27.9 Å². The van der Waals surface area contributed by atoms with Crippen LogP contribution in [0.1, 0.15) is 18.4 Å². The summed E-state index contributed by atoms with van der Waals surface area (Å²) in [7, 11) is 0. The predicted octanol–water partition coefficient (Wildman–Crippen LogP) is 3.52. The number of rotatable bonds is 4. The Morgan fingerprint density at radius 3 is 2.64 bits per heavy atom. The Balaban J connectivity index is 0.00000312. The van der Waals surface area contributed by atoms with Crippen LogP contribution in [0.5, 0.6) is 0 Å². The Hall–Kier alpha value is -1.51. The second-order valence-electron chi connectivity index (χ2n) is 5.65. The highest BCUT2D eigenvalue weighted by molar-refractivity contribution is 6.30. The van der Waals surface area contributed by atoms with Gasteiger partial charge in [0.2, 0.25) is 5.91 Å². The van der Waals surface area contributed by atoms with Crippen molar-refractivity contribution in [2.75, 3.05) is 25.0 Å². The first-order valence-electron chi connectivity index (χ1n) is 7.28. The summed E-state index contributed by atoms with van der Waals surface area (Å²) in [6.07, 6.45) is -3.49. The number of hydrogen-bond acceptors (Lipinski definition) is 3. The number of hydrogen-bond donors (Lipinski definition) is 2. The first kappa shape index (κ1) is 21.5. The summed E-state index contributed by atoms with van der Waals surface area (Å²) in [5, 5.41) is 11.2. The van der Waals surface area contributed by atoms with E-state index in [9.17, 15) is 22.8 Å². The van der Waals surface area contributed by atoms with E-state index in [0.717, 1.165) is 12.1 Å². The molecule has 0 saturated carbocycles. The molecule has 1 amide bonds. The van der Waals surface area contributed by atoms with Gasteiger partial charge in [-0.25, -0.2) is 0 Å². The van der Waals surface area contributed by atoms with Crippen LogP contribution in [0.2, 0.25) is 5.02 Å². The highest BCUT2D eigenvalue weighted by Crippen LogP contribution is 2.36. The number of carbonyl (C=O) groups excluding carboxylic acids is 1. The van der Waals surface area contributed by atoms with Crippen molar-refractivity contribution in [1.29, 1.82) is 0 Å². The van der Waals surface area contributed by atoms with E-state index in [1.807, 2.05) is 0 Å². The number of piperidine rings is 1. The van der Waals surface area contributed by atoms with Gasteiger partial charge in [-0.2, -0.15) is 13.2 Å². The van der Waals surface area contributed by atoms with Crippen LogP contribution in [-0.2, 0) is 15.8 Å². The lowest BCUT2D eigenvalue weighted by Crippen LogP contribution is -2.42. The van der Waals surface area contributed by atoms with Crippen LogP contribution in [-0.4, -0.2) is 41.5 Å². The number of alkyl halides is 3. The Labute approximate surface area is 153 Å². The predicted molar refractivity (Wildman–Crippen MR) is 89.1 cm³/mol. The van der Waals surface area contributed by atoms with Crippen LogP contribution in [0.25, 0.3) is 0 Å². The molecule has 1 aliphatic heterocycles. The van der Waals surface area contributed by atoms with Gasteiger partial charge >= 0.3 is 12.1 Å². The fourth-order valence-corrected chi connectivity index (χ4v) is 2.83. The minimum atomic E-state index is -4.65. The Morgan fingerprint density at radius 1 is 1.36 bits per heavy atom. The minimum Gasteiger partial charge on any atom is -0.481 e. The maximum absolute atomic E-state index is 13.0. The summed E-state index contributed by atoms with van der Waals surface area (Å²) < 4.78 is 39.0. The summed E-state index contributed by atoms with van der Waals surface area (Å²) in [5.41, 5.74) is -1.39. The zero-order chi connectivity index (χ0) is 17.9. The largest absolute Gasteiger partial charge is 0.481 e. The smallest absolute Gasteiger partial charge is 0.418 e. The molecule has 1 unspecified atom stereocenters. The van der Waals surface area contributed by atoms with Crippen molar-refractivity contribution in [3.8, 4) is 0 Å². The molecule has 0 aromatic heterocycles. The van der Waals surface area contributed by atoms with Crippen LogP contribution < -0.4 is 5.32 Å². The Kier molecular flexibility index (Phi) is 7.52. The summed E-state index contributed by atoms with van der Waals surface area (Å²) in [6, 6.07) is 3.10. The molecule has 0 spiro atoms. The highest BCUT2D eigenvalue weighted by Gasteiger charge is 2.34. The van der Waals surface area contributed by atoms with E-state index in [-0.39, 0.29) is 36.2 Å². The third-order valence-corrected chi connectivity index (χ3v) is 4.02. The molecule has 0 aliphatic carbocycles. The minimum absolute atomic E-state index is 0. The first-order chi connectivity index (χ1) is 11.2. The number of benzene rings is 1. The summed E-state index contributed by atoms with van der Waals surface area (Å²) in [4.78, 5) is 24.6. The highest BCUT2D eigenvalue weighted by atomic mass is 35.5. The molecule has 1 aromatic carbocycles. The molecule has 2 rings (SSSR count). The number of likely N-dealkylation sites (tertiary alicyclic amines) is 1. The lowest BCUT2D eigenvalue weighted by atomic mass is 9.98. The normalized spacial score (nSPS) is 18.3. The maximum atomic E-state index is 13.0. The van der Waals surface area contributed by atoms with Gasteiger partial charge in [0.05, 0.1) is 23.7 Å². The number of carboxylic acid groups (broad SMARTS) is 1. The third-order valence-electron chi connectivity index (χ3n) is 3.78. The second kappa shape index (κ2) is 8.73. The van der Waals surface area contributed by atoms with Gasteiger partial charge in [-0.3, -0.25) is 14.5 Å². The van der Waals surface area contributed by atoms with Gasteiger partial charge in [-0.15, -0.1) is 12.4 Å². The Bertz CT molecular complexity index is 641. The number of nitrogens with zero attached hydrogens (tertiary/aromatic N) is 1. The summed E-state index contributed by atoms with van der Waals surface area (Å²) >= 11 is 5.58. The lowest BCUT2D eigenvalue weighted by Gasteiger charge is -2.30. The van der Waals surface area contributed by atoms with Crippen molar-refractivity contribution in [2.24, 2.45) is 5.92 Å². The topological polar surface area (TPSA) is 69.6 Å². The molecule has 1 heterocycles.